The van der Waals surface area contributed by atoms with Crippen molar-refractivity contribution in [1.29, 1.82) is 0 Å². The first kappa shape index (κ1) is 13.3. The summed E-state index contributed by atoms with van der Waals surface area (Å²) in [6.07, 6.45) is 0. The molecule has 1 N–H and O–H groups in total. The number of aryl methyl sites for hydroxylation is 1. The van der Waals surface area contributed by atoms with Gasteiger partial charge in [-0.15, -0.1) is 0 Å². The highest BCUT2D eigenvalue weighted by molar-refractivity contribution is 9.10. The summed E-state index contributed by atoms with van der Waals surface area (Å²) >= 11 is 3.57. The zero-order valence-electron chi connectivity index (χ0n) is 10.8. The molecular weight excluding hydrogens is 286 g/mol. The molecule has 2 rings (SSSR count). The van der Waals surface area contributed by atoms with Crippen LogP contribution in [0.3, 0.4) is 0 Å². The third-order valence-electron chi connectivity index (χ3n) is 3.15. The zero-order valence-corrected chi connectivity index (χ0v) is 12.4. The fourth-order valence-electron chi connectivity index (χ4n) is 1.88. The molecule has 2 aromatic rings. The highest BCUT2D eigenvalue weighted by Crippen LogP contribution is 2.18. The van der Waals surface area contributed by atoms with Gasteiger partial charge in [0.1, 0.15) is 0 Å². The van der Waals surface area contributed by atoms with Crippen molar-refractivity contribution in [3.63, 3.8) is 0 Å². The fourth-order valence-corrected chi connectivity index (χ4v) is 2.30. The minimum Gasteiger partial charge on any atom is -0.306 e. The van der Waals surface area contributed by atoms with Crippen molar-refractivity contribution >= 4 is 15.9 Å². The lowest BCUT2D eigenvalue weighted by atomic mass is 10.1. The minimum atomic E-state index is 0.367. The van der Waals surface area contributed by atoms with Crippen molar-refractivity contribution < 1.29 is 0 Å². The predicted molar refractivity (Wildman–Crippen MR) is 80.6 cm³/mol. The first-order valence-corrected chi connectivity index (χ1v) is 6.99. The standard InChI is InChI=1S/C16H18BrN/c1-12-8-9-14(10-16(12)17)11-18-13(2)15-6-4-3-5-7-15/h3-10,13,18H,11H2,1-2H3/t13-/m0/s1. The molecule has 0 saturated carbocycles. The first-order valence-electron chi connectivity index (χ1n) is 6.20. The summed E-state index contributed by atoms with van der Waals surface area (Å²) in [7, 11) is 0. The van der Waals surface area contributed by atoms with Crippen LogP contribution in [0, 0.1) is 6.92 Å². The SMILES string of the molecule is Cc1ccc(CN[C@@H](C)c2ccccc2)cc1Br. The van der Waals surface area contributed by atoms with Crippen molar-refractivity contribution in [1.82, 2.24) is 5.32 Å². The summed E-state index contributed by atoms with van der Waals surface area (Å²) in [6.45, 7) is 5.18. The Hall–Kier alpha value is -1.12. The fraction of sp³-hybridized carbons (Fsp3) is 0.250. The van der Waals surface area contributed by atoms with Crippen molar-refractivity contribution in [2.24, 2.45) is 0 Å². The highest BCUT2D eigenvalue weighted by Gasteiger charge is 2.04. The number of benzene rings is 2. The maximum absolute atomic E-state index is 3.57. The van der Waals surface area contributed by atoms with Gasteiger partial charge in [-0.1, -0.05) is 58.4 Å². The van der Waals surface area contributed by atoms with Crippen molar-refractivity contribution in [2.45, 2.75) is 26.4 Å². The average Bonchev–Trinajstić information content (AvgIpc) is 2.41. The van der Waals surface area contributed by atoms with E-state index in [4.69, 9.17) is 0 Å². The van der Waals surface area contributed by atoms with E-state index in [0.717, 1.165) is 6.54 Å². The Kier molecular flexibility index (Phi) is 4.56. The van der Waals surface area contributed by atoms with Crippen molar-refractivity contribution in [3.05, 3.63) is 69.7 Å². The third kappa shape index (κ3) is 3.44. The van der Waals surface area contributed by atoms with Gasteiger partial charge in [-0.25, -0.2) is 0 Å². The van der Waals surface area contributed by atoms with Crippen LogP contribution >= 0.6 is 15.9 Å². The van der Waals surface area contributed by atoms with Crippen LogP contribution in [-0.2, 0) is 6.54 Å². The Morgan fingerprint density at radius 2 is 1.83 bits per heavy atom. The van der Waals surface area contributed by atoms with Crippen LogP contribution in [0.4, 0.5) is 0 Å². The first-order chi connectivity index (χ1) is 8.66. The van der Waals surface area contributed by atoms with Crippen molar-refractivity contribution in [3.8, 4) is 0 Å². The Morgan fingerprint density at radius 3 is 2.50 bits per heavy atom. The number of rotatable bonds is 4. The highest BCUT2D eigenvalue weighted by atomic mass is 79.9. The lowest BCUT2D eigenvalue weighted by molar-refractivity contribution is 0.574. The lowest BCUT2D eigenvalue weighted by Crippen LogP contribution is -2.17. The Bertz CT molecular complexity index is 508. The molecule has 1 nitrogen and oxygen atoms in total. The molecule has 18 heavy (non-hydrogen) atoms. The van der Waals surface area contributed by atoms with E-state index in [1.54, 1.807) is 0 Å². The van der Waals surface area contributed by atoms with Gasteiger partial charge in [0.05, 0.1) is 0 Å². The van der Waals surface area contributed by atoms with Crippen LogP contribution in [0.1, 0.15) is 29.7 Å². The molecule has 0 heterocycles. The van der Waals surface area contributed by atoms with Gasteiger partial charge in [-0.05, 0) is 36.6 Å². The summed E-state index contributed by atoms with van der Waals surface area (Å²) < 4.78 is 1.18. The van der Waals surface area contributed by atoms with Gasteiger partial charge < -0.3 is 5.32 Å². The summed E-state index contributed by atoms with van der Waals surface area (Å²) in [5, 5.41) is 3.54. The van der Waals surface area contributed by atoms with Crippen LogP contribution in [0.5, 0.6) is 0 Å². The maximum Gasteiger partial charge on any atom is 0.0294 e. The van der Waals surface area contributed by atoms with E-state index in [1.807, 2.05) is 6.07 Å². The quantitative estimate of drug-likeness (QED) is 0.870. The van der Waals surface area contributed by atoms with Gasteiger partial charge in [0.2, 0.25) is 0 Å². The molecular formula is C16H18BrN. The normalized spacial score (nSPS) is 12.4. The van der Waals surface area contributed by atoms with Crippen LogP contribution in [0.2, 0.25) is 0 Å². The molecule has 0 unspecified atom stereocenters. The number of hydrogen-bond donors (Lipinski definition) is 1. The molecule has 0 radical (unpaired) electrons. The number of nitrogens with one attached hydrogen (secondary N) is 1. The van der Waals surface area contributed by atoms with E-state index in [0.29, 0.717) is 6.04 Å². The molecule has 1 atom stereocenters. The van der Waals surface area contributed by atoms with Gasteiger partial charge in [0.25, 0.3) is 0 Å². The molecule has 0 aliphatic rings. The van der Waals surface area contributed by atoms with E-state index >= 15 is 0 Å². The molecule has 0 bridgehead atoms. The molecule has 0 saturated heterocycles. The summed E-state index contributed by atoms with van der Waals surface area (Å²) in [5.74, 6) is 0. The summed E-state index contributed by atoms with van der Waals surface area (Å²) in [6, 6.07) is 17.4. The number of hydrogen-bond acceptors (Lipinski definition) is 1. The molecule has 0 aromatic heterocycles. The van der Waals surface area contributed by atoms with Crippen LogP contribution < -0.4 is 5.32 Å². The topological polar surface area (TPSA) is 12.0 Å². The largest absolute Gasteiger partial charge is 0.306 e. The maximum atomic E-state index is 3.57. The van der Waals surface area contributed by atoms with E-state index < -0.39 is 0 Å². The summed E-state index contributed by atoms with van der Waals surface area (Å²) in [5.41, 5.74) is 3.90. The van der Waals surface area contributed by atoms with Crippen molar-refractivity contribution in [2.75, 3.05) is 0 Å². The predicted octanol–water partition coefficient (Wildman–Crippen LogP) is 4.61. The molecule has 0 amide bonds. The van der Waals surface area contributed by atoms with E-state index in [1.165, 1.54) is 21.2 Å². The summed E-state index contributed by atoms with van der Waals surface area (Å²) in [4.78, 5) is 0. The van der Waals surface area contributed by atoms with Crippen LogP contribution in [-0.4, -0.2) is 0 Å². The Labute approximate surface area is 117 Å². The van der Waals surface area contributed by atoms with E-state index in [2.05, 4.69) is 77.6 Å². The molecule has 0 spiro atoms. The zero-order chi connectivity index (χ0) is 13.0. The van der Waals surface area contributed by atoms with Gasteiger partial charge in [0.15, 0.2) is 0 Å². The van der Waals surface area contributed by atoms with E-state index in [9.17, 15) is 0 Å². The van der Waals surface area contributed by atoms with Crippen LogP contribution in [0.25, 0.3) is 0 Å². The van der Waals surface area contributed by atoms with E-state index in [-0.39, 0.29) is 0 Å². The Balaban J connectivity index is 1.97. The molecule has 0 aliphatic heterocycles. The smallest absolute Gasteiger partial charge is 0.0294 e. The third-order valence-corrected chi connectivity index (χ3v) is 4.00. The number of halogens is 1. The molecule has 2 aromatic carbocycles. The second-order valence-electron chi connectivity index (χ2n) is 4.60. The minimum absolute atomic E-state index is 0.367. The van der Waals surface area contributed by atoms with Gasteiger partial charge in [-0.3, -0.25) is 0 Å². The lowest BCUT2D eigenvalue weighted by Gasteiger charge is -2.14. The van der Waals surface area contributed by atoms with Gasteiger partial charge >= 0.3 is 0 Å². The average molecular weight is 304 g/mol. The second-order valence-corrected chi connectivity index (χ2v) is 5.45. The van der Waals surface area contributed by atoms with Crippen LogP contribution in [0.15, 0.2) is 53.0 Å². The molecule has 0 fully saturated rings. The molecule has 0 aliphatic carbocycles. The molecule has 2 heteroatoms. The van der Waals surface area contributed by atoms with Gasteiger partial charge in [0, 0.05) is 17.1 Å². The molecule has 94 valence electrons. The second kappa shape index (κ2) is 6.17. The monoisotopic (exact) mass is 303 g/mol. The Morgan fingerprint density at radius 1 is 1.11 bits per heavy atom. The van der Waals surface area contributed by atoms with Gasteiger partial charge in [-0.2, -0.15) is 0 Å².